The number of aromatic nitrogens is 3. The van der Waals surface area contributed by atoms with Crippen LogP contribution >= 0.6 is 0 Å². The molecule has 0 saturated carbocycles. The van der Waals surface area contributed by atoms with Gasteiger partial charge >= 0.3 is 11.9 Å². The molecule has 2 aromatic heterocycles. The summed E-state index contributed by atoms with van der Waals surface area (Å²) in [4.78, 5) is 33.3. The average molecular weight is 527 g/mol. The largest absolute Gasteiger partial charge is 0.481 e. The molecule has 2 aromatic carbocycles. The number of pyridine rings is 1. The van der Waals surface area contributed by atoms with E-state index < -0.39 is 17.9 Å². The van der Waals surface area contributed by atoms with E-state index in [-0.39, 0.29) is 12.8 Å². The fourth-order valence-corrected chi connectivity index (χ4v) is 4.71. The van der Waals surface area contributed by atoms with E-state index in [0.29, 0.717) is 35.0 Å². The molecule has 4 aromatic rings. The average Bonchev–Trinajstić information content (AvgIpc) is 3.40. The normalized spacial score (nSPS) is 13.2. The second-order valence-electron chi connectivity index (χ2n) is 9.63. The minimum atomic E-state index is -0.946. The number of ether oxygens (including phenoxy) is 1. The lowest BCUT2D eigenvalue weighted by Gasteiger charge is -2.17. The Morgan fingerprint density at radius 3 is 2.74 bits per heavy atom. The highest BCUT2D eigenvalue weighted by Crippen LogP contribution is 2.28. The standard InChI is InChI=1S/C30H30N4O5/c35-28(36)19-23(22-9-4-12-25(17-22)38-30(37)21-7-2-1-3-8-21)18-27-33-26(34-39-27)13-5-11-24-15-14-20-10-6-16-31-29(20)32-24/h1-4,7-9,12,14-15,17,23H,5-6,10-11,13,16,18-19H2,(H,31,32)(H,35,36). The van der Waals surface area contributed by atoms with Gasteiger partial charge in [-0.25, -0.2) is 9.78 Å². The van der Waals surface area contributed by atoms with Crippen LogP contribution in [-0.2, 0) is 30.5 Å². The minimum absolute atomic E-state index is 0.133. The van der Waals surface area contributed by atoms with Crippen LogP contribution in [0.2, 0.25) is 0 Å². The summed E-state index contributed by atoms with van der Waals surface area (Å²) in [7, 11) is 0. The lowest BCUT2D eigenvalue weighted by atomic mass is 9.92. The predicted octanol–water partition coefficient (Wildman–Crippen LogP) is 5.02. The quantitative estimate of drug-likeness (QED) is 0.205. The molecule has 3 heterocycles. The van der Waals surface area contributed by atoms with Crippen LogP contribution in [0, 0.1) is 0 Å². The van der Waals surface area contributed by atoms with E-state index in [4.69, 9.17) is 14.2 Å². The Morgan fingerprint density at radius 1 is 1.03 bits per heavy atom. The van der Waals surface area contributed by atoms with Crippen LogP contribution in [-0.4, -0.2) is 38.7 Å². The van der Waals surface area contributed by atoms with E-state index in [1.165, 1.54) is 5.56 Å². The summed E-state index contributed by atoms with van der Waals surface area (Å²) in [5.74, 6) is 0.431. The molecule has 0 spiro atoms. The Balaban J connectivity index is 1.20. The Kier molecular flexibility index (Phi) is 8.26. The molecular weight excluding hydrogens is 496 g/mol. The van der Waals surface area contributed by atoms with Gasteiger partial charge in [-0.3, -0.25) is 4.79 Å². The molecule has 39 heavy (non-hydrogen) atoms. The van der Waals surface area contributed by atoms with E-state index in [1.807, 2.05) is 12.1 Å². The molecule has 1 atom stereocenters. The Labute approximate surface area is 226 Å². The number of fused-ring (bicyclic) bond motifs is 1. The van der Waals surface area contributed by atoms with Gasteiger partial charge in [0.25, 0.3) is 0 Å². The molecule has 0 radical (unpaired) electrons. The first-order chi connectivity index (χ1) is 19.0. The third-order valence-corrected chi connectivity index (χ3v) is 6.69. The molecular formula is C30H30N4O5. The molecule has 0 fully saturated rings. The van der Waals surface area contributed by atoms with Crippen LogP contribution in [0.5, 0.6) is 5.75 Å². The van der Waals surface area contributed by atoms with Gasteiger partial charge in [0.2, 0.25) is 5.89 Å². The van der Waals surface area contributed by atoms with Gasteiger partial charge in [-0.2, -0.15) is 4.98 Å². The fourth-order valence-electron chi connectivity index (χ4n) is 4.71. The molecule has 0 aliphatic carbocycles. The van der Waals surface area contributed by atoms with E-state index in [9.17, 15) is 14.7 Å². The molecule has 1 aliphatic heterocycles. The van der Waals surface area contributed by atoms with E-state index in [2.05, 4.69) is 27.6 Å². The van der Waals surface area contributed by atoms with Crippen molar-refractivity contribution in [1.82, 2.24) is 15.1 Å². The molecule has 9 nitrogen and oxygen atoms in total. The molecule has 0 bridgehead atoms. The summed E-state index contributed by atoms with van der Waals surface area (Å²) >= 11 is 0. The minimum Gasteiger partial charge on any atom is -0.481 e. The van der Waals surface area contributed by atoms with Crippen LogP contribution in [0.4, 0.5) is 5.82 Å². The second-order valence-corrected chi connectivity index (χ2v) is 9.63. The van der Waals surface area contributed by atoms with Crippen molar-refractivity contribution >= 4 is 17.8 Å². The molecule has 0 saturated heterocycles. The number of carbonyl (C=O) groups is 2. The van der Waals surface area contributed by atoms with Crippen molar-refractivity contribution in [2.75, 3.05) is 11.9 Å². The number of aryl methyl sites for hydroxylation is 3. The first kappa shape index (κ1) is 26.1. The number of carboxylic acids is 1. The van der Waals surface area contributed by atoms with Gasteiger partial charge in [-0.05, 0) is 67.1 Å². The lowest BCUT2D eigenvalue weighted by Crippen LogP contribution is -2.14. The number of hydrogen-bond donors (Lipinski definition) is 2. The number of benzene rings is 2. The van der Waals surface area contributed by atoms with Crippen LogP contribution in [0.25, 0.3) is 0 Å². The SMILES string of the molecule is O=C(O)CC(Cc1nc(CCCc2ccc3c(n2)NCCC3)no1)c1cccc(OC(=O)c2ccccc2)c1. The maximum absolute atomic E-state index is 12.5. The summed E-state index contributed by atoms with van der Waals surface area (Å²) in [6.07, 6.45) is 4.57. The summed E-state index contributed by atoms with van der Waals surface area (Å²) in [6.45, 7) is 0.959. The summed E-state index contributed by atoms with van der Waals surface area (Å²) in [6, 6.07) is 19.8. The van der Waals surface area contributed by atoms with Gasteiger partial charge in [0, 0.05) is 31.0 Å². The highest BCUT2D eigenvalue weighted by Gasteiger charge is 2.21. The van der Waals surface area contributed by atoms with Crippen LogP contribution in [0.1, 0.15) is 64.1 Å². The highest BCUT2D eigenvalue weighted by molar-refractivity contribution is 5.91. The Hall–Kier alpha value is -4.53. The zero-order chi connectivity index (χ0) is 27.0. The second kappa shape index (κ2) is 12.3. The van der Waals surface area contributed by atoms with Crippen molar-refractivity contribution in [2.45, 2.75) is 50.9 Å². The third kappa shape index (κ3) is 7.07. The number of nitrogens with one attached hydrogen (secondary N) is 1. The van der Waals surface area contributed by atoms with Gasteiger partial charge < -0.3 is 19.7 Å². The highest BCUT2D eigenvalue weighted by atomic mass is 16.5. The third-order valence-electron chi connectivity index (χ3n) is 6.69. The Bertz CT molecular complexity index is 1440. The van der Waals surface area contributed by atoms with Gasteiger partial charge in [0.15, 0.2) is 5.82 Å². The molecule has 1 unspecified atom stereocenters. The number of aliphatic carboxylic acids is 1. The topological polar surface area (TPSA) is 127 Å². The van der Waals surface area contributed by atoms with Gasteiger partial charge in [-0.1, -0.05) is 41.6 Å². The maximum Gasteiger partial charge on any atom is 0.343 e. The molecule has 5 rings (SSSR count). The number of hydrogen-bond acceptors (Lipinski definition) is 8. The lowest BCUT2D eigenvalue weighted by molar-refractivity contribution is -0.137. The first-order valence-electron chi connectivity index (χ1n) is 13.2. The molecule has 200 valence electrons. The predicted molar refractivity (Wildman–Crippen MR) is 144 cm³/mol. The zero-order valence-corrected chi connectivity index (χ0v) is 21.5. The zero-order valence-electron chi connectivity index (χ0n) is 21.5. The van der Waals surface area contributed by atoms with Crippen LogP contribution < -0.4 is 10.1 Å². The number of esters is 1. The number of rotatable bonds is 11. The number of anilines is 1. The van der Waals surface area contributed by atoms with E-state index >= 15 is 0 Å². The van der Waals surface area contributed by atoms with Crippen molar-refractivity contribution in [3.05, 3.63) is 101 Å². The van der Waals surface area contributed by atoms with Crippen molar-refractivity contribution in [1.29, 1.82) is 0 Å². The van der Waals surface area contributed by atoms with Crippen molar-refractivity contribution in [2.24, 2.45) is 0 Å². The number of carboxylic acid groups (broad SMARTS) is 1. The van der Waals surface area contributed by atoms with Crippen LogP contribution in [0.15, 0.2) is 71.3 Å². The summed E-state index contributed by atoms with van der Waals surface area (Å²) in [5, 5.41) is 17.0. The number of nitrogens with zero attached hydrogens (tertiary/aromatic N) is 3. The molecule has 0 amide bonds. The first-order valence-corrected chi connectivity index (χ1v) is 13.2. The van der Waals surface area contributed by atoms with Gasteiger partial charge in [-0.15, -0.1) is 0 Å². The molecule has 1 aliphatic rings. The summed E-state index contributed by atoms with van der Waals surface area (Å²) in [5.41, 5.74) is 3.44. The molecule has 2 N–H and O–H groups in total. The maximum atomic E-state index is 12.5. The van der Waals surface area contributed by atoms with Gasteiger partial charge in [0.1, 0.15) is 11.6 Å². The monoisotopic (exact) mass is 526 g/mol. The fraction of sp³-hybridized carbons (Fsp3) is 0.300. The van der Waals surface area contributed by atoms with Crippen molar-refractivity contribution in [3.8, 4) is 5.75 Å². The summed E-state index contributed by atoms with van der Waals surface area (Å²) < 4.78 is 11.0. The van der Waals surface area contributed by atoms with Crippen molar-refractivity contribution in [3.63, 3.8) is 0 Å². The van der Waals surface area contributed by atoms with E-state index in [1.54, 1.807) is 42.5 Å². The smallest absolute Gasteiger partial charge is 0.343 e. The van der Waals surface area contributed by atoms with Crippen LogP contribution in [0.3, 0.4) is 0 Å². The van der Waals surface area contributed by atoms with E-state index in [0.717, 1.165) is 43.7 Å². The molecule has 9 heteroatoms. The van der Waals surface area contributed by atoms with Crippen molar-refractivity contribution < 1.29 is 24.0 Å². The number of carbonyl (C=O) groups excluding carboxylic acids is 1. The van der Waals surface area contributed by atoms with Gasteiger partial charge in [0.05, 0.1) is 12.0 Å². The Morgan fingerprint density at radius 2 is 1.90 bits per heavy atom.